The lowest BCUT2D eigenvalue weighted by molar-refractivity contribution is 0.479. The summed E-state index contributed by atoms with van der Waals surface area (Å²) >= 11 is 3.27. The average molecular weight is 227 g/mol. The van der Waals surface area contributed by atoms with Crippen LogP contribution in [0.15, 0.2) is 39.7 Å². The van der Waals surface area contributed by atoms with Crippen LogP contribution in [0.3, 0.4) is 0 Å². The third-order valence-corrected chi connectivity index (χ3v) is 1.93. The second-order valence-corrected chi connectivity index (χ2v) is 3.23. The molecule has 0 saturated carbocycles. The molecule has 3 nitrogen and oxygen atoms in total. The lowest BCUT2D eigenvalue weighted by Crippen LogP contribution is -1.98. The van der Waals surface area contributed by atoms with Gasteiger partial charge in [0.15, 0.2) is 0 Å². The predicted octanol–water partition coefficient (Wildman–Crippen LogP) is 2.29. The zero-order valence-corrected chi connectivity index (χ0v) is 7.86. The van der Waals surface area contributed by atoms with E-state index in [0.29, 0.717) is 6.54 Å². The Labute approximate surface area is 78.1 Å². The van der Waals surface area contributed by atoms with Crippen LogP contribution in [0.2, 0.25) is 0 Å². The lowest BCUT2D eigenvalue weighted by Gasteiger charge is -1.95. The Balaban J connectivity index is 2.14. The fourth-order valence-corrected chi connectivity index (χ4v) is 1.31. The zero-order valence-electron chi connectivity index (χ0n) is 6.27. The predicted molar refractivity (Wildman–Crippen MR) is 47.7 cm³/mol. The first kappa shape index (κ1) is 7.61. The van der Waals surface area contributed by atoms with Gasteiger partial charge in [0, 0.05) is 6.20 Å². The molecule has 4 heteroatoms. The van der Waals surface area contributed by atoms with Crippen LogP contribution in [-0.2, 0) is 6.54 Å². The van der Waals surface area contributed by atoms with Gasteiger partial charge in [0.2, 0.25) is 0 Å². The molecule has 2 heterocycles. The number of rotatable bonds is 2. The second kappa shape index (κ2) is 3.15. The van der Waals surface area contributed by atoms with Crippen LogP contribution in [0.25, 0.3) is 0 Å². The molecule has 62 valence electrons. The first-order valence-electron chi connectivity index (χ1n) is 3.56. The molecule has 0 N–H and O–H groups in total. The van der Waals surface area contributed by atoms with Crippen molar-refractivity contribution in [2.24, 2.45) is 0 Å². The van der Waals surface area contributed by atoms with E-state index < -0.39 is 0 Å². The summed E-state index contributed by atoms with van der Waals surface area (Å²) in [7, 11) is 0. The highest BCUT2D eigenvalue weighted by molar-refractivity contribution is 9.10. The Bertz CT molecular complexity index is 353. The molecule has 2 aromatic heterocycles. The van der Waals surface area contributed by atoms with Gasteiger partial charge in [0.05, 0.1) is 12.8 Å². The molecular weight excluding hydrogens is 220 g/mol. The third-order valence-electron chi connectivity index (χ3n) is 1.51. The van der Waals surface area contributed by atoms with Crippen LogP contribution >= 0.6 is 15.9 Å². The maximum atomic E-state index is 5.17. The molecule has 0 aliphatic heterocycles. The van der Waals surface area contributed by atoms with Crippen LogP contribution in [-0.4, -0.2) is 9.78 Å². The van der Waals surface area contributed by atoms with Gasteiger partial charge in [-0.1, -0.05) is 0 Å². The van der Waals surface area contributed by atoms with Crippen molar-refractivity contribution in [3.05, 3.63) is 41.0 Å². The fraction of sp³-hybridized carbons (Fsp3) is 0.125. The van der Waals surface area contributed by atoms with E-state index >= 15 is 0 Å². The smallest absolute Gasteiger partial charge is 0.128 e. The maximum absolute atomic E-state index is 5.17. The minimum Gasteiger partial charge on any atom is -0.467 e. The number of nitrogens with zero attached hydrogens (tertiary/aromatic N) is 2. The topological polar surface area (TPSA) is 31.0 Å². The van der Waals surface area contributed by atoms with Gasteiger partial charge in [0.25, 0.3) is 0 Å². The highest BCUT2D eigenvalue weighted by atomic mass is 79.9. The third kappa shape index (κ3) is 1.58. The van der Waals surface area contributed by atoms with Gasteiger partial charge in [-0.2, -0.15) is 5.10 Å². The van der Waals surface area contributed by atoms with Gasteiger partial charge in [-0.15, -0.1) is 0 Å². The summed E-state index contributed by atoms with van der Waals surface area (Å²) in [6, 6.07) is 5.69. The highest BCUT2D eigenvalue weighted by Crippen LogP contribution is 2.07. The van der Waals surface area contributed by atoms with E-state index in [4.69, 9.17) is 4.42 Å². The van der Waals surface area contributed by atoms with Crippen LogP contribution in [0, 0.1) is 0 Å². The molecule has 0 aliphatic carbocycles. The van der Waals surface area contributed by atoms with E-state index in [1.807, 2.05) is 29.1 Å². The van der Waals surface area contributed by atoms with E-state index in [1.165, 1.54) is 0 Å². The van der Waals surface area contributed by atoms with Gasteiger partial charge < -0.3 is 4.42 Å². The summed E-state index contributed by atoms with van der Waals surface area (Å²) in [5.74, 6) is 0.908. The van der Waals surface area contributed by atoms with Crippen LogP contribution in [0.1, 0.15) is 5.76 Å². The Morgan fingerprint density at radius 3 is 3.00 bits per heavy atom. The van der Waals surface area contributed by atoms with Crippen LogP contribution in [0.4, 0.5) is 0 Å². The Kier molecular flexibility index (Phi) is 1.99. The molecule has 0 aromatic carbocycles. The SMILES string of the molecule is Brc1ccn(Cc2ccco2)n1. The largest absolute Gasteiger partial charge is 0.467 e. The quantitative estimate of drug-likeness (QED) is 0.787. The van der Waals surface area contributed by atoms with E-state index in [1.54, 1.807) is 6.26 Å². The van der Waals surface area contributed by atoms with Gasteiger partial charge in [0.1, 0.15) is 10.4 Å². The molecule has 0 saturated heterocycles. The summed E-state index contributed by atoms with van der Waals surface area (Å²) in [6.07, 6.45) is 3.56. The molecular formula is C8H7BrN2O. The molecule has 0 radical (unpaired) electrons. The summed E-state index contributed by atoms with van der Waals surface area (Å²) in [6.45, 7) is 0.679. The van der Waals surface area contributed by atoms with E-state index in [2.05, 4.69) is 21.0 Å². The maximum Gasteiger partial charge on any atom is 0.128 e. The van der Waals surface area contributed by atoms with Gasteiger partial charge in [-0.05, 0) is 34.1 Å². The van der Waals surface area contributed by atoms with Gasteiger partial charge >= 0.3 is 0 Å². The van der Waals surface area contributed by atoms with Crippen LogP contribution in [0.5, 0.6) is 0 Å². The van der Waals surface area contributed by atoms with Crippen LogP contribution < -0.4 is 0 Å². The van der Waals surface area contributed by atoms with Crippen molar-refractivity contribution in [2.45, 2.75) is 6.54 Å². The number of hydrogen-bond acceptors (Lipinski definition) is 2. The molecule has 2 aromatic rings. The zero-order chi connectivity index (χ0) is 8.39. The highest BCUT2D eigenvalue weighted by Gasteiger charge is 1.98. The first-order chi connectivity index (χ1) is 5.84. The molecule has 0 aliphatic rings. The van der Waals surface area contributed by atoms with Gasteiger partial charge in [-0.3, -0.25) is 4.68 Å². The molecule has 0 unspecified atom stereocenters. The second-order valence-electron chi connectivity index (χ2n) is 2.42. The molecule has 12 heavy (non-hydrogen) atoms. The average Bonchev–Trinajstić information content (AvgIpc) is 2.63. The van der Waals surface area contributed by atoms with E-state index in [-0.39, 0.29) is 0 Å². The van der Waals surface area contributed by atoms with Crippen molar-refractivity contribution in [1.82, 2.24) is 9.78 Å². The lowest BCUT2D eigenvalue weighted by atomic mass is 10.4. The molecule has 0 bridgehead atoms. The van der Waals surface area contributed by atoms with Crippen molar-refractivity contribution in [3.8, 4) is 0 Å². The van der Waals surface area contributed by atoms with Crippen molar-refractivity contribution < 1.29 is 4.42 Å². The van der Waals surface area contributed by atoms with E-state index in [0.717, 1.165) is 10.4 Å². The minimum atomic E-state index is 0.679. The Hall–Kier alpha value is -1.03. The monoisotopic (exact) mass is 226 g/mol. The summed E-state index contributed by atoms with van der Waals surface area (Å²) in [4.78, 5) is 0. The van der Waals surface area contributed by atoms with Crippen molar-refractivity contribution in [3.63, 3.8) is 0 Å². The Morgan fingerprint density at radius 2 is 2.42 bits per heavy atom. The normalized spacial score (nSPS) is 10.4. The molecule has 2 rings (SSSR count). The molecule has 0 fully saturated rings. The summed E-state index contributed by atoms with van der Waals surface area (Å²) < 4.78 is 7.82. The van der Waals surface area contributed by atoms with Crippen molar-refractivity contribution >= 4 is 15.9 Å². The van der Waals surface area contributed by atoms with E-state index in [9.17, 15) is 0 Å². The fourth-order valence-electron chi connectivity index (χ4n) is 0.987. The van der Waals surface area contributed by atoms with Crippen molar-refractivity contribution in [1.29, 1.82) is 0 Å². The summed E-state index contributed by atoms with van der Waals surface area (Å²) in [5, 5.41) is 4.16. The number of hydrogen-bond donors (Lipinski definition) is 0. The standard InChI is InChI=1S/C8H7BrN2O/c9-8-3-4-11(10-8)6-7-2-1-5-12-7/h1-5H,6H2. The number of aromatic nitrogens is 2. The number of halogens is 1. The van der Waals surface area contributed by atoms with Gasteiger partial charge in [-0.25, -0.2) is 0 Å². The molecule has 0 spiro atoms. The molecule has 0 atom stereocenters. The summed E-state index contributed by atoms with van der Waals surface area (Å²) in [5.41, 5.74) is 0. The Morgan fingerprint density at radius 1 is 1.50 bits per heavy atom. The van der Waals surface area contributed by atoms with Crippen molar-refractivity contribution in [2.75, 3.05) is 0 Å². The number of furan rings is 1. The first-order valence-corrected chi connectivity index (χ1v) is 4.35. The minimum absolute atomic E-state index is 0.679. The molecule has 0 amide bonds.